The number of nitrogens with zero attached hydrogens (tertiary/aromatic N) is 14. The van der Waals surface area contributed by atoms with Crippen molar-refractivity contribution in [3.63, 3.8) is 0 Å². The van der Waals surface area contributed by atoms with Gasteiger partial charge in [0.2, 0.25) is 0 Å². The minimum absolute atomic E-state index is 0.914. The Morgan fingerprint density at radius 3 is 0.641 bits per heavy atom. The second-order valence-electron chi connectivity index (χ2n) is 5.75. The van der Waals surface area contributed by atoms with Crippen molar-refractivity contribution in [1.82, 2.24) is 108 Å². The number of benzene rings is 1. The van der Waals surface area contributed by atoms with Gasteiger partial charge in [0.1, 0.15) is 11.0 Å². The maximum Gasteiger partial charge on any atom is 0.112 e. The van der Waals surface area contributed by atoms with Crippen molar-refractivity contribution >= 4 is 11.0 Å². The highest BCUT2D eigenvalue weighted by molar-refractivity contribution is 5.72. The first-order valence-corrected chi connectivity index (χ1v) is 10.5. The number of aromatic nitrogens is 21. The second kappa shape index (κ2) is 22.0. The summed E-state index contributed by atoms with van der Waals surface area (Å²) in [5, 5.41) is 66.3. The minimum Gasteiger partial charge on any atom is -0.198 e. The molecule has 0 saturated heterocycles. The zero-order valence-electron chi connectivity index (χ0n) is 20.0. The van der Waals surface area contributed by atoms with Crippen molar-refractivity contribution in [1.29, 1.82) is 0 Å². The molecule has 0 bridgehead atoms. The molecule has 0 saturated carbocycles. The van der Waals surface area contributed by atoms with Crippen molar-refractivity contribution < 1.29 is 0 Å². The van der Waals surface area contributed by atoms with Crippen LogP contribution in [0.4, 0.5) is 0 Å². The molecule has 7 heterocycles. The Balaban J connectivity index is 0.000000162. The van der Waals surface area contributed by atoms with Crippen LogP contribution in [0.2, 0.25) is 0 Å². The van der Waals surface area contributed by atoms with Gasteiger partial charge in [0.15, 0.2) is 0 Å². The van der Waals surface area contributed by atoms with Crippen LogP contribution in [0.25, 0.3) is 11.0 Å². The lowest BCUT2D eigenvalue weighted by Crippen LogP contribution is -1.63. The van der Waals surface area contributed by atoms with E-state index in [2.05, 4.69) is 108 Å². The van der Waals surface area contributed by atoms with Crippen LogP contribution in [-0.2, 0) is 0 Å². The summed E-state index contributed by atoms with van der Waals surface area (Å²) in [7, 11) is 0. The SMILES string of the molecule is c1ccc2n[nH]nc2c1.c1cn[nH]n1.c1cn[nH]n1.c1cn[nH]n1.c1cn[nH]n1.c1cn[nH]n1.c1cn[nH]n1. The van der Waals surface area contributed by atoms with E-state index in [1.807, 2.05) is 24.3 Å². The summed E-state index contributed by atoms with van der Waals surface area (Å²) in [6, 6.07) is 7.70. The lowest BCUT2D eigenvalue weighted by atomic mass is 10.3. The average molecular weight is 534 g/mol. The molecule has 0 amide bonds. The zero-order valence-corrected chi connectivity index (χ0v) is 20.0. The van der Waals surface area contributed by atoms with Crippen LogP contribution in [0.1, 0.15) is 0 Å². The molecule has 0 radical (unpaired) electrons. The third kappa shape index (κ3) is 16.7. The normalized spacial score (nSPS) is 8.51. The van der Waals surface area contributed by atoms with Gasteiger partial charge in [-0.2, -0.15) is 108 Å². The molecule has 0 aliphatic rings. The summed E-state index contributed by atoms with van der Waals surface area (Å²) in [4.78, 5) is 0. The number of nitrogens with one attached hydrogen (secondary N) is 7. The van der Waals surface area contributed by atoms with E-state index >= 15 is 0 Å². The van der Waals surface area contributed by atoms with Gasteiger partial charge in [0.25, 0.3) is 0 Å². The van der Waals surface area contributed by atoms with E-state index in [1.165, 1.54) is 0 Å². The molecular formula is C18H23N21. The number of H-pyrrole nitrogens is 7. The monoisotopic (exact) mass is 533 g/mol. The van der Waals surface area contributed by atoms with E-state index in [0.717, 1.165) is 11.0 Å². The predicted molar refractivity (Wildman–Crippen MR) is 132 cm³/mol. The summed E-state index contributed by atoms with van der Waals surface area (Å²) in [6.45, 7) is 0. The molecule has 0 unspecified atom stereocenters. The van der Waals surface area contributed by atoms with Gasteiger partial charge < -0.3 is 0 Å². The highest BCUT2D eigenvalue weighted by atomic mass is 15.3. The van der Waals surface area contributed by atoms with Gasteiger partial charge in [0.05, 0.1) is 74.4 Å². The molecule has 0 aliphatic carbocycles. The Morgan fingerprint density at radius 1 is 0.282 bits per heavy atom. The van der Waals surface area contributed by atoms with Gasteiger partial charge >= 0.3 is 0 Å². The fourth-order valence-corrected chi connectivity index (χ4v) is 1.79. The molecule has 0 aliphatic heterocycles. The first kappa shape index (κ1) is 28.7. The Labute approximate surface area is 218 Å². The third-order valence-corrected chi connectivity index (χ3v) is 3.21. The summed E-state index contributed by atoms with van der Waals surface area (Å²) < 4.78 is 0. The van der Waals surface area contributed by atoms with Crippen LogP contribution in [0, 0.1) is 0 Å². The molecular weight excluding hydrogens is 510 g/mol. The smallest absolute Gasteiger partial charge is 0.112 e. The molecule has 7 N–H and O–H groups in total. The number of hydrogen-bond donors (Lipinski definition) is 7. The Kier molecular flexibility index (Phi) is 16.2. The van der Waals surface area contributed by atoms with Crippen LogP contribution in [0.15, 0.2) is 98.6 Å². The molecule has 7 aromatic heterocycles. The van der Waals surface area contributed by atoms with Crippen molar-refractivity contribution in [3.05, 3.63) is 98.6 Å². The first-order valence-electron chi connectivity index (χ1n) is 10.5. The molecule has 21 heteroatoms. The van der Waals surface area contributed by atoms with Gasteiger partial charge in [-0.15, -0.1) is 0 Å². The number of aromatic amines is 7. The zero-order chi connectivity index (χ0) is 27.3. The van der Waals surface area contributed by atoms with Crippen molar-refractivity contribution in [2.24, 2.45) is 0 Å². The molecule has 0 fully saturated rings. The largest absolute Gasteiger partial charge is 0.198 e. The first-order chi connectivity index (χ1) is 19.5. The Hall–Kier alpha value is -6.54. The van der Waals surface area contributed by atoms with E-state index in [1.54, 1.807) is 74.4 Å². The van der Waals surface area contributed by atoms with Gasteiger partial charge in [-0.05, 0) is 12.1 Å². The fourth-order valence-electron chi connectivity index (χ4n) is 1.79. The van der Waals surface area contributed by atoms with Crippen LogP contribution in [0.3, 0.4) is 0 Å². The highest BCUT2D eigenvalue weighted by Gasteiger charge is 1.90. The van der Waals surface area contributed by atoms with Gasteiger partial charge in [-0.1, -0.05) is 12.1 Å². The second-order valence-corrected chi connectivity index (χ2v) is 5.75. The summed E-state index contributed by atoms with van der Waals surface area (Å²) >= 11 is 0. The molecule has 0 spiro atoms. The lowest BCUT2D eigenvalue weighted by Gasteiger charge is -1.78. The van der Waals surface area contributed by atoms with Crippen LogP contribution in [-0.4, -0.2) is 108 Å². The topological polar surface area (TPSA) is 291 Å². The molecule has 8 rings (SSSR count). The Morgan fingerprint density at radius 2 is 0.487 bits per heavy atom. The van der Waals surface area contributed by atoms with Crippen LogP contribution < -0.4 is 0 Å². The quantitative estimate of drug-likeness (QED) is 0.133. The lowest BCUT2D eigenvalue weighted by molar-refractivity contribution is 0.940. The fraction of sp³-hybridized carbons (Fsp3) is 0. The van der Waals surface area contributed by atoms with Crippen molar-refractivity contribution in [2.75, 3.05) is 0 Å². The molecule has 39 heavy (non-hydrogen) atoms. The molecule has 1 aromatic carbocycles. The predicted octanol–water partition coefficient (Wildman–Crippen LogP) is -0.214. The summed E-state index contributed by atoms with van der Waals surface area (Å²) in [5.74, 6) is 0. The van der Waals surface area contributed by atoms with Crippen molar-refractivity contribution in [3.8, 4) is 0 Å². The van der Waals surface area contributed by atoms with Crippen LogP contribution >= 0.6 is 0 Å². The standard InChI is InChI=1S/C6H5N3.6C2H3N3/c1-2-4-6-5(3-1)7-9-8-6;6*1-2-4-5-3-1/h1-4H,(H,7,8,9);6*1-2H,(H,3,4,5). The third-order valence-electron chi connectivity index (χ3n) is 3.21. The van der Waals surface area contributed by atoms with Crippen LogP contribution in [0.5, 0.6) is 0 Å². The average Bonchev–Trinajstić information content (AvgIpc) is 3.91. The number of para-hydroxylation sites is 2. The van der Waals surface area contributed by atoms with Gasteiger partial charge in [-0.25, -0.2) is 0 Å². The maximum atomic E-state index is 3.88. The van der Waals surface area contributed by atoms with E-state index in [-0.39, 0.29) is 0 Å². The highest BCUT2D eigenvalue weighted by Crippen LogP contribution is 2.03. The summed E-state index contributed by atoms with van der Waals surface area (Å²) in [6.07, 6.45) is 19.0. The minimum atomic E-state index is 0.914. The number of fused-ring (bicyclic) bond motifs is 1. The van der Waals surface area contributed by atoms with E-state index in [9.17, 15) is 0 Å². The van der Waals surface area contributed by atoms with E-state index in [0.29, 0.717) is 0 Å². The van der Waals surface area contributed by atoms with E-state index < -0.39 is 0 Å². The van der Waals surface area contributed by atoms with Gasteiger partial charge in [-0.3, -0.25) is 0 Å². The summed E-state index contributed by atoms with van der Waals surface area (Å²) in [5.41, 5.74) is 1.83. The molecule has 8 aromatic rings. The van der Waals surface area contributed by atoms with E-state index in [4.69, 9.17) is 0 Å². The molecule has 0 atom stereocenters. The molecule has 21 nitrogen and oxygen atoms in total. The Bertz CT molecular complexity index is 1050. The maximum absolute atomic E-state index is 3.88. The van der Waals surface area contributed by atoms with Gasteiger partial charge in [0, 0.05) is 0 Å². The molecule has 200 valence electrons. The van der Waals surface area contributed by atoms with Crippen molar-refractivity contribution in [2.45, 2.75) is 0 Å². The number of hydrogen-bond acceptors (Lipinski definition) is 14. The number of rotatable bonds is 0.